The molecule has 6 nitrogen and oxygen atoms in total. The Morgan fingerprint density at radius 2 is 1.94 bits per heavy atom. The van der Waals surface area contributed by atoms with Crippen LogP contribution >= 0.6 is 0 Å². The monoisotopic (exact) mass is 467 g/mol. The number of piperidine rings is 1. The molecule has 35 heavy (non-hydrogen) atoms. The van der Waals surface area contributed by atoms with Crippen LogP contribution in [-0.4, -0.2) is 61.3 Å². The fraction of sp³-hybridized carbons (Fsp3) is 0.448. The van der Waals surface area contributed by atoms with Crippen molar-refractivity contribution in [3.05, 3.63) is 71.4 Å². The lowest BCUT2D eigenvalue weighted by molar-refractivity contribution is 0.0277. The minimum atomic E-state index is 0.170. The Labute approximate surface area is 207 Å². The summed E-state index contributed by atoms with van der Waals surface area (Å²) in [5.74, 6) is 0.585. The van der Waals surface area contributed by atoms with Crippen LogP contribution in [0.1, 0.15) is 48.5 Å². The number of nitriles is 1. The third-order valence-corrected chi connectivity index (χ3v) is 8.16. The van der Waals surface area contributed by atoms with Crippen molar-refractivity contribution < 1.29 is 4.74 Å². The maximum atomic E-state index is 9.54. The largest absolute Gasteiger partial charge is 0.371 e. The van der Waals surface area contributed by atoms with Gasteiger partial charge in [0.05, 0.1) is 23.8 Å². The second kappa shape index (κ2) is 9.58. The van der Waals surface area contributed by atoms with Crippen LogP contribution in [0.5, 0.6) is 0 Å². The number of rotatable bonds is 3. The molecule has 0 amide bonds. The normalized spacial score (nSPS) is 27.4. The number of piperazine rings is 1. The first kappa shape index (κ1) is 22.5. The molecule has 4 atom stereocenters. The first-order chi connectivity index (χ1) is 17.2. The molecule has 0 radical (unpaired) electrons. The molecule has 0 bridgehead atoms. The van der Waals surface area contributed by atoms with E-state index in [9.17, 15) is 5.26 Å². The topological polar surface area (TPSA) is 64.4 Å². The molecular weight excluding hydrogens is 434 g/mol. The minimum Gasteiger partial charge on any atom is -0.371 e. The molecule has 1 aromatic heterocycles. The quantitative estimate of drug-likeness (QED) is 0.622. The van der Waals surface area contributed by atoms with Crippen LogP contribution in [0.25, 0.3) is 10.9 Å². The fourth-order valence-corrected chi connectivity index (χ4v) is 6.37. The predicted octanol–water partition coefficient (Wildman–Crippen LogP) is 4.22. The van der Waals surface area contributed by atoms with Crippen molar-refractivity contribution >= 4 is 16.6 Å². The number of benzene rings is 2. The molecular formula is C29H33N5O. The van der Waals surface area contributed by atoms with Crippen molar-refractivity contribution in [3.63, 3.8) is 0 Å². The molecule has 4 heterocycles. The van der Waals surface area contributed by atoms with Gasteiger partial charge in [-0.25, -0.2) is 0 Å². The van der Waals surface area contributed by atoms with E-state index in [1.54, 1.807) is 6.20 Å². The second-order valence-electron chi connectivity index (χ2n) is 10.2. The van der Waals surface area contributed by atoms with Gasteiger partial charge in [-0.05, 0) is 67.6 Å². The van der Waals surface area contributed by atoms with Crippen LogP contribution in [0.4, 0.5) is 5.69 Å². The van der Waals surface area contributed by atoms with Crippen LogP contribution < -0.4 is 10.2 Å². The molecule has 0 spiro atoms. The van der Waals surface area contributed by atoms with Crippen LogP contribution in [0.15, 0.2) is 54.7 Å². The number of pyridine rings is 1. The van der Waals surface area contributed by atoms with E-state index in [-0.39, 0.29) is 6.10 Å². The van der Waals surface area contributed by atoms with Gasteiger partial charge in [-0.2, -0.15) is 5.26 Å². The fourth-order valence-electron chi connectivity index (χ4n) is 6.37. The van der Waals surface area contributed by atoms with Crippen molar-refractivity contribution in [3.8, 4) is 6.07 Å². The van der Waals surface area contributed by atoms with Gasteiger partial charge in [0.1, 0.15) is 6.07 Å². The van der Waals surface area contributed by atoms with Gasteiger partial charge < -0.3 is 15.0 Å². The number of anilines is 1. The average molecular weight is 468 g/mol. The van der Waals surface area contributed by atoms with Crippen molar-refractivity contribution in [2.45, 2.75) is 43.9 Å². The second-order valence-corrected chi connectivity index (χ2v) is 10.2. The Hall–Kier alpha value is -2.98. The molecule has 6 heteroatoms. The SMILES string of the molecule is C[C@@H]1CN(c2ccc(C#N)c3ncccc23)C[C@@H]2C[C@H](c3ccc([C@@H]4CNCCO4)cc3)CCN21. The van der Waals surface area contributed by atoms with Crippen molar-refractivity contribution in [1.29, 1.82) is 5.26 Å². The lowest BCUT2D eigenvalue weighted by Crippen LogP contribution is -2.60. The summed E-state index contributed by atoms with van der Waals surface area (Å²) >= 11 is 0. The Kier molecular flexibility index (Phi) is 6.15. The molecule has 0 unspecified atom stereocenters. The van der Waals surface area contributed by atoms with Gasteiger partial charge in [0, 0.05) is 55.5 Å². The predicted molar refractivity (Wildman–Crippen MR) is 139 cm³/mol. The highest BCUT2D eigenvalue weighted by Gasteiger charge is 2.37. The van der Waals surface area contributed by atoms with Gasteiger partial charge in [-0.15, -0.1) is 0 Å². The molecule has 3 aromatic rings. The first-order valence-corrected chi connectivity index (χ1v) is 12.9. The summed E-state index contributed by atoms with van der Waals surface area (Å²) in [6.45, 7) is 8.14. The van der Waals surface area contributed by atoms with Crippen molar-refractivity contribution in [1.82, 2.24) is 15.2 Å². The number of morpholine rings is 1. The Morgan fingerprint density at radius 3 is 2.74 bits per heavy atom. The van der Waals surface area contributed by atoms with Gasteiger partial charge in [0.2, 0.25) is 0 Å². The number of hydrogen-bond acceptors (Lipinski definition) is 6. The molecule has 1 N–H and O–H groups in total. The molecule has 3 aliphatic rings. The number of nitrogens with one attached hydrogen (secondary N) is 1. The molecule has 180 valence electrons. The van der Waals surface area contributed by atoms with E-state index in [0.717, 1.165) is 50.2 Å². The van der Waals surface area contributed by atoms with E-state index < -0.39 is 0 Å². The van der Waals surface area contributed by atoms with Gasteiger partial charge in [0.25, 0.3) is 0 Å². The zero-order valence-electron chi connectivity index (χ0n) is 20.4. The molecule has 3 aliphatic heterocycles. The third kappa shape index (κ3) is 4.29. The van der Waals surface area contributed by atoms with Gasteiger partial charge in [0.15, 0.2) is 0 Å². The third-order valence-electron chi connectivity index (χ3n) is 8.16. The van der Waals surface area contributed by atoms with E-state index in [2.05, 4.69) is 69.5 Å². The summed E-state index contributed by atoms with van der Waals surface area (Å²) in [5, 5.41) is 14.0. The lowest BCUT2D eigenvalue weighted by atomic mass is 9.83. The number of fused-ring (bicyclic) bond motifs is 2. The standard InChI is InChI=1S/C29H33N5O/c1-20-18-33(27-9-8-24(16-30)29-26(27)3-2-11-32-29)19-25-15-23(10-13-34(20)25)21-4-6-22(7-5-21)28-17-31-12-14-35-28/h2-9,11,20,23,25,28,31H,10,12-15,17-19H2,1H3/t20-,23-,25+,28+/m1/s1. The summed E-state index contributed by atoms with van der Waals surface area (Å²) in [6, 6.07) is 20.6. The first-order valence-electron chi connectivity index (χ1n) is 12.9. The van der Waals surface area contributed by atoms with Crippen LogP contribution in [0, 0.1) is 11.3 Å². The Balaban J connectivity index is 1.21. The Morgan fingerprint density at radius 1 is 1.09 bits per heavy atom. The van der Waals surface area contributed by atoms with E-state index >= 15 is 0 Å². The highest BCUT2D eigenvalue weighted by Crippen LogP contribution is 2.38. The zero-order valence-corrected chi connectivity index (χ0v) is 20.4. The number of ether oxygens (including phenoxy) is 1. The van der Waals surface area contributed by atoms with E-state index in [0.29, 0.717) is 23.6 Å². The van der Waals surface area contributed by atoms with Gasteiger partial charge in [-0.1, -0.05) is 24.3 Å². The lowest BCUT2D eigenvalue weighted by Gasteiger charge is -2.50. The summed E-state index contributed by atoms with van der Waals surface area (Å²) < 4.78 is 5.93. The van der Waals surface area contributed by atoms with E-state index in [1.807, 2.05) is 12.1 Å². The van der Waals surface area contributed by atoms with Crippen molar-refractivity contribution in [2.75, 3.05) is 44.2 Å². The molecule has 3 saturated heterocycles. The summed E-state index contributed by atoms with van der Waals surface area (Å²) in [7, 11) is 0. The molecule has 3 fully saturated rings. The van der Waals surface area contributed by atoms with Crippen molar-refractivity contribution in [2.24, 2.45) is 0 Å². The number of aromatic nitrogens is 1. The molecule has 6 rings (SSSR count). The summed E-state index contributed by atoms with van der Waals surface area (Å²) in [5.41, 5.74) is 5.38. The molecule has 2 aromatic carbocycles. The highest BCUT2D eigenvalue weighted by molar-refractivity contribution is 5.95. The average Bonchev–Trinajstić information content (AvgIpc) is 2.92. The smallest absolute Gasteiger partial charge is 0.101 e. The van der Waals surface area contributed by atoms with E-state index in [1.165, 1.54) is 29.7 Å². The van der Waals surface area contributed by atoms with E-state index in [4.69, 9.17) is 4.74 Å². The number of nitrogens with zero attached hydrogens (tertiary/aromatic N) is 4. The maximum Gasteiger partial charge on any atom is 0.101 e. The Bertz CT molecular complexity index is 1230. The number of hydrogen-bond donors (Lipinski definition) is 1. The highest BCUT2D eigenvalue weighted by atomic mass is 16.5. The maximum absolute atomic E-state index is 9.54. The van der Waals surface area contributed by atoms with Gasteiger partial charge >= 0.3 is 0 Å². The van der Waals surface area contributed by atoms with Crippen LogP contribution in [0.3, 0.4) is 0 Å². The summed E-state index contributed by atoms with van der Waals surface area (Å²) in [4.78, 5) is 9.77. The molecule has 0 saturated carbocycles. The van der Waals surface area contributed by atoms with Crippen LogP contribution in [0.2, 0.25) is 0 Å². The summed E-state index contributed by atoms with van der Waals surface area (Å²) in [6.07, 6.45) is 4.34. The molecule has 0 aliphatic carbocycles. The zero-order chi connectivity index (χ0) is 23.8. The van der Waals surface area contributed by atoms with Crippen LogP contribution in [-0.2, 0) is 4.74 Å². The minimum absolute atomic E-state index is 0.170. The van der Waals surface area contributed by atoms with Gasteiger partial charge in [-0.3, -0.25) is 9.88 Å².